The Kier molecular flexibility index (Phi) is 3.01. The summed E-state index contributed by atoms with van der Waals surface area (Å²) in [5, 5.41) is 1.11. The Hall–Kier alpha value is -0.660. The third-order valence-electron chi connectivity index (χ3n) is 1.32. The van der Waals surface area contributed by atoms with Crippen molar-refractivity contribution in [2.24, 2.45) is 0 Å². The van der Waals surface area contributed by atoms with Gasteiger partial charge in [-0.25, -0.2) is 0 Å². The van der Waals surface area contributed by atoms with E-state index in [-0.39, 0.29) is 0 Å². The quantitative estimate of drug-likeness (QED) is 0.372. The van der Waals surface area contributed by atoms with Crippen LogP contribution in [0.4, 0.5) is 0 Å². The van der Waals surface area contributed by atoms with Crippen LogP contribution in [0.15, 0.2) is 18.2 Å². The van der Waals surface area contributed by atoms with Crippen molar-refractivity contribution in [3.8, 4) is 0 Å². The molecule has 0 heterocycles. The molecule has 0 atom stereocenters. The van der Waals surface area contributed by atoms with Crippen molar-refractivity contribution in [1.29, 1.82) is 0 Å². The van der Waals surface area contributed by atoms with Crippen molar-refractivity contribution in [3.05, 3.63) is 40.9 Å². The molecule has 0 aliphatic rings. The normalized spacial score (nSPS) is 11.8. The minimum absolute atomic E-state index is 0.557. The average Bonchev–Trinajstić information content (AvgIpc) is 1.97. The summed E-state index contributed by atoms with van der Waals surface area (Å²) in [6.07, 6.45) is 1.56. The van der Waals surface area contributed by atoms with Gasteiger partial charge in [-0.3, -0.25) is 0 Å². The van der Waals surface area contributed by atoms with Gasteiger partial charge in [-0.1, -0.05) is 29.3 Å². The molecule has 0 aliphatic heterocycles. The molecule has 0 amide bonds. The maximum atomic E-state index is 7.17. The van der Waals surface area contributed by atoms with Crippen molar-refractivity contribution in [1.82, 2.24) is 0 Å². The second kappa shape index (κ2) is 3.83. The molecule has 0 saturated carbocycles. The van der Waals surface area contributed by atoms with Crippen LogP contribution < -0.4 is 0 Å². The van der Waals surface area contributed by atoms with E-state index in [0.29, 0.717) is 15.6 Å². The predicted octanol–water partition coefficient (Wildman–Crippen LogP) is 2.60. The third kappa shape index (κ3) is 2.16. The molecule has 12 heavy (non-hydrogen) atoms. The Morgan fingerprint density at radius 1 is 1.33 bits per heavy atom. The minimum Gasteiger partial charge on any atom is -0.381 e. The van der Waals surface area contributed by atoms with E-state index in [1.165, 1.54) is 0 Å². The van der Waals surface area contributed by atoms with Gasteiger partial charge in [0.1, 0.15) is 7.05 Å². The van der Waals surface area contributed by atoms with E-state index in [1.54, 1.807) is 31.5 Å². The summed E-state index contributed by atoms with van der Waals surface area (Å²) in [6, 6.07) is 5.25. The van der Waals surface area contributed by atoms with Crippen LogP contribution in [-0.2, 0) is 0 Å². The lowest BCUT2D eigenvalue weighted by Crippen LogP contribution is -1.98. The van der Waals surface area contributed by atoms with Crippen molar-refractivity contribution in [2.45, 2.75) is 0 Å². The maximum Gasteiger partial charge on any atom is 0.104 e. The first kappa shape index (κ1) is 9.43. The lowest BCUT2D eigenvalue weighted by Gasteiger charge is -2.03. The number of hydrogen-bond donors (Lipinski definition) is 0. The topological polar surface area (TPSA) is 3.01 Å². The van der Waals surface area contributed by atoms with E-state index < -0.39 is 0 Å². The van der Waals surface area contributed by atoms with E-state index in [1.807, 2.05) is 0 Å². The largest absolute Gasteiger partial charge is 0.381 e. The summed E-state index contributed by atoms with van der Waals surface area (Å²) >= 11 is 11.7. The van der Waals surface area contributed by atoms with Gasteiger partial charge in [-0.15, -0.1) is 0 Å². The van der Waals surface area contributed by atoms with Crippen LogP contribution in [0, 0.1) is 7.05 Å². The molecule has 1 aromatic rings. The first-order valence-electron chi connectivity index (χ1n) is 3.34. The average molecular weight is 200 g/mol. The zero-order valence-electron chi connectivity index (χ0n) is 6.51. The van der Waals surface area contributed by atoms with Gasteiger partial charge in [0.25, 0.3) is 0 Å². The second-order valence-electron chi connectivity index (χ2n) is 2.38. The first-order valence-corrected chi connectivity index (χ1v) is 4.10. The Bertz CT molecular complexity index is 294. The fraction of sp³-hybridized carbons (Fsp3) is 0.111. The van der Waals surface area contributed by atoms with Crippen molar-refractivity contribution < 1.29 is 4.58 Å². The highest BCUT2D eigenvalue weighted by Crippen LogP contribution is 2.21. The van der Waals surface area contributed by atoms with E-state index in [2.05, 4.69) is 0 Å². The molecule has 62 valence electrons. The molecule has 0 aliphatic carbocycles. The zero-order chi connectivity index (χ0) is 9.14. The van der Waals surface area contributed by atoms with Crippen LogP contribution >= 0.6 is 23.2 Å². The van der Waals surface area contributed by atoms with Crippen LogP contribution in [0.3, 0.4) is 0 Å². The van der Waals surface area contributed by atoms with Crippen LogP contribution in [0.2, 0.25) is 10.0 Å². The number of hydrogen-bond acceptors (Lipinski definition) is 0. The molecule has 0 bridgehead atoms. The van der Waals surface area contributed by atoms with Gasteiger partial charge in [-0.2, -0.15) is 0 Å². The van der Waals surface area contributed by atoms with E-state index in [9.17, 15) is 0 Å². The summed E-state index contributed by atoms with van der Waals surface area (Å²) in [7, 11) is 8.77. The number of halogens is 2. The Morgan fingerprint density at radius 3 is 2.25 bits per heavy atom. The lowest BCUT2D eigenvalue weighted by molar-refractivity contribution is -0.424. The molecule has 0 spiro atoms. The van der Waals surface area contributed by atoms with Gasteiger partial charge in [0, 0.05) is 23.3 Å². The molecule has 2 radical (unpaired) electrons. The molecular weight excluding hydrogens is 193 g/mol. The number of benzene rings is 1. The van der Waals surface area contributed by atoms with Crippen molar-refractivity contribution in [3.63, 3.8) is 0 Å². The van der Waals surface area contributed by atoms with Crippen LogP contribution in [0.1, 0.15) is 5.56 Å². The summed E-state index contributed by atoms with van der Waals surface area (Å²) in [5.74, 6) is 0. The standard InChI is InChI=1S/C9H7Cl2N/c1-12(2)6-7-8(10)4-3-5-9(7)11/h3-6H,1H3. The molecule has 1 aromatic carbocycles. The van der Waals surface area contributed by atoms with Gasteiger partial charge in [0.15, 0.2) is 0 Å². The molecular formula is C9H7Cl2N. The molecule has 0 aromatic heterocycles. The smallest absolute Gasteiger partial charge is 0.104 e. The fourth-order valence-corrected chi connectivity index (χ4v) is 1.32. The molecule has 1 rings (SSSR count). The highest BCUT2D eigenvalue weighted by molar-refractivity contribution is 6.38. The van der Waals surface area contributed by atoms with Crippen LogP contribution in [0.5, 0.6) is 0 Å². The molecule has 1 nitrogen and oxygen atoms in total. The lowest BCUT2D eigenvalue weighted by atomic mass is 10.2. The summed E-state index contributed by atoms with van der Waals surface area (Å²) < 4.78 is 1.16. The predicted molar refractivity (Wildman–Crippen MR) is 51.1 cm³/mol. The molecule has 3 heteroatoms. The Morgan fingerprint density at radius 2 is 1.83 bits per heavy atom. The number of rotatable bonds is 1. The first-order chi connectivity index (χ1) is 5.61. The van der Waals surface area contributed by atoms with Gasteiger partial charge in [-0.05, 0) is 17.7 Å². The highest BCUT2D eigenvalue weighted by atomic mass is 35.5. The minimum atomic E-state index is 0.557. The number of nitrogens with zero attached hydrogens (tertiary/aromatic N) is 1. The highest BCUT2D eigenvalue weighted by Gasteiger charge is 1.99. The van der Waals surface area contributed by atoms with Crippen LogP contribution in [-0.4, -0.2) is 17.8 Å². The second-order valence-corrected chi connectivity index (χ2v) is 3.19. The molecule has 0 N–H and O–H groups in total. The molecule has 0 saturated heterocycles. The van der Waals surface area contributed by atoms with Crippen LogP contribution in [0.25, 0.3) is 0 Å². The van der Waals surface area contributed by atoms with Gasteiger partial charge < -0.3 is 4.58 Å². The SMILES string of the molecule is [C-][N+](C)=Cc1c(Cl)cccc1Cl. The van der Waals surface area contributed by atoms with E-state index in [0.717, 1.165) is 4.58 Å². The summed E-state index contributed by atoms with van der Waals surface area (Å²) in [6.45, 7) is 0. The fourth-order valence-electron chi connectivity index (χ4n) is 0.828. The summed E-state index contributed by atoms with van der Waals surface area (Å²) in [5.41, 5.74) is 0.679. The summed E-state index contributed by atoms with van der Waals surface area (Å²) in [4.78, 5) is 0. The Balaban J connectivity index is 3.22. The monoisotopic (exact) mass is 199 g/mol. The van der Waals surface area contributed by atoms with Gasteiger partial charge in [0.2, 0.25) is 0 Å². The van der Waals surface area contributed by atoms with Crippen molar-refractivity contribution in [2.75, 3.05) is 7.05 Å². The molecule has 0 fully saturated rings. The van der Waals surface area contributed by atoms with Gasteiger partial charge >= 0.3 is 0 Å². The van der Waals surface area contributed by atoms with E-state index in [4.69, 9.17) is 30.2 Å². The Labute approximate surface area is 82.2 Å². The molecule has 0 unspecified atom stereocenters. The zero-order valence-corrected chi connectivity index (χ0v) is 8.02. The van der Waals surface area contributed by atoms with E-state index >= 15 is 0 Å². The maximum absolute atomic E-state index is 7.17. The van der Waals surface area contributed by atoms with Gasteiger partial charge in [0.05, 0.1) is 0 Å². The van der Waals surface area contributed by atoms with Crippen molar-refractivity contribution >= 4 is 29.4 Å². The third-order valence-corrected chi connectivity index (χ3v) is 1.98.